The number of nitrogens with one attached hydrogen (secondary N) is 4. The highest BCUT2D eigenvalue weighted by molar-refractivity contribution is 6.24. The number of rotatable bonds is 6. The van der Waals surface area contributed by atoms with Gasteiger partial charge in [0.2, 0.25) is 0 Å². The third-order valence-corrected chi connectivity index (χ3v) is 9.55. The van der Waals surface area contributed by atoms with Crippen LogP contribution in [0.3, 0.4) is 0 Å². The predicted octanol–water partition coefficient (Wildman–Crippen LogP) is 3.16. The Hall–Kier alpha value is -4.83. The molecular formula is C34H36N4O6. The second kappa shape index (κ2) is 10.7. The highest BCUT2D eigenvalue weighted by Gasteiger charge is 2.48. The molecule has 0 spiro atoms. The fraction of sp³-hybridized carbons (Fsp3) is 0.324. The number of allylic oxidation sites excluding steroid dienone is 2. The first kappa shape index (κ1) is 29.3. The van der Waals surface area contributed by atoms with Crippen LogP contribution in [0.25, 0.3) is 29.9 Å². The lowest BCUT2D eigenvalue weighted by atomic mass is 9.85. The molecule has 3 aliphatic rings. The number of carboxylic acids is 1. The Morgan fingerprint density at radius 1 is 1.00 bits per heavy atom. The molecular weight excluding hydrogens is 560 g/mol. The number of H-pyrrole nitrogens is 3. The van der Waals surface area contributed by atoms with Crippen molar-refractivity contribution in [3.8, 4) is 0 Å². The molecule has 2 aliphatic heterocycles. The molecule has 3 atom stereocenters. The first-order valence-electron chi connectivity index (χ1n) is 14.7. The normalized spacial score (nSPS) is 24.5. The zero-order valence-corrected chi connectivity index (χ0v) is 25.4. The van der Waals surface area contributed by atoms with Gasteiger partial charge in [0.1, 0.15) is 5.92 Å². The second-order valence-corrected chi connectivity index (χ2v) is 11.8. The third-order valence-electron chi connectivity index (χ3n) is 9.55. The van der Waals surface area contributed by atoms with E-state index in [0.717, 1.165) is 44.7 Å². The van der Waals surface area contributed by atoms with Crippen molar-refractivity contribution < 1.29 is 29.3 Å². The van der Waals surface area contributed by atoms with Crippen molar-refractivity contribution in [3.63, 3.8) is 0 Å². The molecule has 0 aromatic carbocycles. The summed E-state index contributed by atoms with van der Waals surface area (Å²) in [7, 11) is 1.26. The quantitative estimate of drug-likeness (QED) is 0.188. The van der Waals surface area contributed by atoms with E-state index >= 15 is 0 Å². The number of fused-ring (bicyclic) bond motifs is 7. The largest absolute Gasteiger partial charge is 0.481 e. The highest BCUT2D eigenvalue weighted by Crippen LogP contribution is 2.48. The van der Waals surface area contributed by atoms with Gasteiger partial charge in [-0.15, -0.1) is 0 Å². The van der Waals surface area contributed by atoms with Crippen LogP contribution in [0.2, 0.25) is 0 Å². The van der Waals surface area contributed by atoms with Gasteiger partial charge in [-0.3, -0.25) is 14.4 Å². The summed E-state index contributed by atoms with van der Waals surface area (Å²) in [5, 5.41) is 25.0. The van der Waals surface area contributed by atoms with Crippen LogP contribution < -0.4 is 16.0 Å². The molecule has 10 heteroatoms. The molecule has 0 unspecified atom stereocenters. The topological polar surface area (TPSA) is 160 Å². The standard InChI is InChI=1S/C34H36N4O6/c1-7-18-14(2)21-10-23-15(3)19(8-9-27(40)41)31(37-23)29-30(34(43)44-6)33(42)28-17(5)24(38-32(28)29)12-26-20(13-39)16(4)22(36-26)11-25(18)35-21/h7,10-12,15,19,30,35-39H,1,8-9,13H2,2-6H3,(H,40,41)/b22-11-,23-10-,26-12-,31-29-/t15-,19-,30+/m0/s1. The van der Waals surface area contributed by atoms with Crippen LogP contribution in [-0.2, 0) is 20.9 Å². The van der Waals surface area contributed by atoms with Crippen LogP contribution >= 0.6 is 0 Å². The maximum absolute atomic E-state index is 14.0. The molecule has 0 saturated carbocycles. The molecule has 1 fully saturated rings. The number of carboxylic acid groups (broad SMARTS) is 1. The molecule has 5 heterocycles. The summed E-state index contributed by atoms with van der Waals surface area (Å²) < 4.78 is 5.12. The Bertz CT molecular complexity index is 1960. The lowest BCUT2D eigenvalue weighted by Crippen LogP contribution is -2.25. The number of ketones is 1. The van der Waals surface area contributed by atoms with Crippen molar-refractivity contribution in [3.05, 3.63) is 84.8 Å². The van der Waals surface area contributed by atoms with Crippen LogP contribution in [0, 0.1) is 38.5 Å². The first-order chi connectivity index (χ1) is 21.0. The van der Waals surface area contributed by atoms with Gasteiger partial charge < -0.3 is 35.2 Å². The number of methoxy groups -OCH3 is 1. The van der Waals surface area contributed by atoms with E-state index < -0.39 is 17.9 Å². The van der Waals surface area contributed by atoms with Gasteiger partial charge in [0, 0.05) is 79.7 Å². The summed E-state index contributed by atoms with van der Waals surface area (Å²) >= 11 is 0. The van der Waals surface area contributed by atoms with E-state index in [2.05, 4.69) is 26.8 Å². The molecule has 3 aromatic heterocycles. The molecule has 6 N–H and O–H groups in total. The molecule has 10 nitrogen and oxygen atoms in total. The van der Waals surface area contributed by atoms with Crippen molar-refractivity contribution in [1.29, 1.82) is 0 Å². The number of aromatic nitrogens is 3. The zero-order chi connectivity index (χ0) is 31.6. The van der Waals surface area contributed by atoms with E-state index in [9.17, 15) is 24.6 Å². The summed E-state index contributed by atoms with van der Waals surface area (Å²) in [5.74, 6) is -3.61. The average molecular weight is 597 g/mol. The molecule has 0 radical (unpaired) electrons. The number of aliphatic hydroxyl groups is 1. The molecule has 0 amide bonds. The van der Waals surface area contributed by atoms with Crippen molar-refractivity contribution in [1.82, 2.24) is 20.3 Å². The summed E-state index contributed by atoms with van der Waals surface area (Å²) in [6.45, 7) is 11.7. The number of esters is 1. The van der Waals surface area contributed by atoms with Crippen LogP contribution in [0.5, 0.6) is 0 Å². The summed E-state index contributed by atoms with van der Waals surface area (Å²) in [5.41, 5.74) is 9.43. The Morgan fingerprint density at radius 3 is 2.36 bits per heavy atom. The molecule has 1 saturated heterocycles. The Balaban J connectivity index is 1.73. The Labute approximate surface area is 253 Å². The number of aliphatic carboxylic acids is 1. The number of aliphatic hydroxyl groups excluding tert-OH is 1. The van der Waals surface area contributed by atoms with Crippen LogP contribution in [0.15, 0.2) is 18.0 Å². The summed E-state index contributed by atoms with van der Waals surface area (Å²) in [4.78, 5) is 49.3. The van der Waals surface area contributed by atoms with Crippen molar-refractivity contribution in [2.75, 3.05) is 7.11 Å². The van der Waals surface area contributed by atoms with Crippen molar-refractivity contribution in [2.24, 2.45) is 17.8 Å². The van der Waals surface area contributed by atoms with Gasteiger partial charge in [0.15, 0.2) is 5.78 Å². The smallest absolute Gasteiger partial charge is 0.321 e. The number of carbonyl (C=O) groups excluding carboxylic acids is 2. The van der Waals surface area contributed by atoms with Gasteiger partial charge in [-0.25, -0.2) is 0 Å². The number of aromatic amines is 3. The maximum Gasteiger partial charge on any atom is 0.321 e. The summed E-state index contributed by atoms with van der Waals surface area (Å²) in [6, 6.07) is 0. The molecule has 1 aliphatic carbocycles. The number of carbonyl (C=O) groups is 3. The van der Waals surface area contributed by atoms with Crippen LogP contribution in [0.1, 0.15) is 80.7 Å². The molecule has 3 aromatic rings. The fourth-order valence-corrected chi connectivity index (χ4v) is 7.03. The van der Waals surface area contributed by atoms with Gasteiger partial charge in [-0.1, -0.05) is 19.6 Å². The minimum absolute atomic E-state index is 0.0767. The number of ether oxygens (including phenoxy) is 1. The van der Waals surface area contributed by atoms with Gasteiger partial charge in [0.05, 0.1) is 19.4 Å². The van der Waals surface area contributed by atoms with E-state index in [1.165, 1.54) is 7.11 Å². The summed E-state index contributed by atoms with van der Waals surface area (Å²) in [6.07, 6.45) is 7.91. The van der Waals surface area contributed by atoms with E-state index in [1.54, 1.807) is 6.08 Å². The minimum atomic E-state index is -1.19. The van der Waals surface area contributed by atoms with Crippen LogP contribution in [0.4, 0.5) is 0 Å². The second-order valence-electron chi connectivity index (χ2n) is 11.8. The highest BCUT2D eigenvalue weighted by atomic mass is 16.5. The van der Waals surface area contributed by atoms with E-state index in [-0.39, 0.29) is 30.6 Å². The Morgan fingerprint density at radius 2 is 1.70 bits per heavy atom. The lowest BCUT2D eigenvalue weighted by molar-refractivity contribution is -0.142. The monoisotopic (exact) mass is 596 g/mol. The van der Waals surface area contributed by atoms with Crippen LogP contribution in [-0.4, -0.2) is 50.0 Å². The van der Waals surface area contributed by atoms with E-state index in [1.807, 2.05) is 45.9 Å². The van der Waals surface area contributed by atoms with E-state index in [0.29, 0.717) is 45.6 Å². The number of hydrogen-bond donors (Lipinski definition) is 6. The van der Waals surface area contributed by atoms with Crippen molar-refractivity contribution in [2.45, 2.75) is 47.1 Å². The zero-order valence-electron chi connectivity index (χ0n) is 25.4. The van der Waals surface area contributed by atoms with Gasteiger partial charge in [-0.2, -0.15) is 0 Å². The first-order valence-corrected chi connectivity index (χ1v) is 14.7. The predicted molar refractivity (Wildman–Crippen MR) is 166 cm³/mol. The fourth-order valence-electron chi connectivity index (χ4n) is 7.03. The molecule has 44 heavy (non-hydrogen) atoms. The number of Topliss-reactive ketones (excluding diaryl/α,β-unsaturated/α-hetero) is 1. The SMILES string of the molecule is C=Cc1c2[nH]c(c1C)/C=C1\N/C(=C3\c4[nH]c(c(C)c4C(=O)[C@@H]3C(=O)OC)/C=c3\[nH]/c(c(C)c3CO)=C\2)[C@@H](CCC(=O)O)[C@@H]1C. The van der Waals surface area contributed by atoms with Crippen molar-refractivity contribution >= 4 is 47.6 Å². The number of hydrogen-bond acceptors (Lipinski definition) is 6. The molecule has 8 bridgehead atoms. The molecule has 228 valence electrons. The van der Waals surface area contributed by atoms with E-state index in [4.69, 9.17) is 4.74 Å². The molecule has 6 rings (SSSR count). The third kappa shape index (κ3) is 4.31. The lowest BCUT2D eigenvalue weighted by Gasteiger charge is -2.19. The maximum atomic E-state index is 14.0. The Kier molecular flexibility index (Phi) is 7.12. The van der Waals surface area contributed by atoms with Gasteiger partial charge in [0.25, 0.3) is 0 Å². The average Bonchev–Trinajstić information content (AvgIpc) is 3.72. The van der Waals surface area contributed by atoms with Gasteiger partial charge in [-0.05, 0) is 62.1 Å². The van der Waals surface area contributed by atoms with Gasteiger partial charge >= 0.3 is 11.9 Å². The minimum Gasteiger partial charge on any atom is -0.481 e.